The smallest absolute Gasteiger partial charge is 0.231 e. The van der Waals surface area contributed by atoms with Crippen LogP contribution in [0.25, 0.3) is 11.0 Å². The molecule has 8 heteroatoms. The maximum absolute atomic E-state index is 9.38. The summed E-state index contributed by atoms with van der Waals surface area (Å²) in [5, 5.41) is 21.3. The maximum Gasteiger partial charge on any atom is 0.231 e. The lowest BCUT2D eigenvalue weighted by Crippen LogP contribution is -2.18. The molecule has 0 spiro atoms. The summed E-state index contributed by atoms with van der Waals surface area (Å²) in [4.78, 5) is 12.3. The number of nitrogens with zero attached hydrogens (tertiary/aromatic N) is 5. The Hall–Kier alpha value is -3.08. The summed E-state index contributed by atoms with van der Waals surface area (Å²) in [7, 11) is 0. The van der Waals surface area contributed by atoms with Crippen molar-refractivity contribution in [3.8, 4) is 6.07 Å². The fourth-order valence-corrected chi connectivity index (χ4v) is 3.05. The van der Waals surface area contributed by atoms with Crippen molar-refractivity contribution in [2.45, 2.75) is 52.1 Å². The van der Waals surface area contributed by atoms with Gasteiger partial charge in [0.25, 0.3) is 0 Å². The topological polar surface area (TPSA) is 107 Å². The zero-order valence-electron chi connectivity index (χ0n) is 15.4. The molecule has 0 atom stereocenters. The van der Waals surface area contributed by atoms with E-state index in [1.807, 2.05) is 11.6 Å². The van der Waals surface area contributed by atoms with Crippen LogP contribution in [-0.2, 0) is 0 Å². The second kappa shape index (κ2) is 5.73. The Labute approximate surface area is 151 Å². The number of rotatable bonds is 5. The first kappa shape index (κ1) is 16.4. The van der Waals surface area contributed by atoms with Crippen LogP contribution in [0.1, 0.15) is 50.9 Å². The third-order valence-electron chi connectivity index (χ3n) is 4.85. The highest BCUT2D eigenvalue weighted by molar-refractivity contribution is 5.94. The lowest BCUT2D eigenvalue weighted by Gasteiger charge is -2.15. The van der Waals surface area contributed by atoms with E-state index in [1.54, 1.807) is 12.4 Å². The number of nitrogens with one attached hydrogen (secondary N) is 3. The van der Waals surface area contributed by atoms with E-state index in [0.29, 0.717) is 23.0 Å². The summed E-state index contributed by atoms with van der Waals surface area (Å²) in [6.07, 6.45) is 5.64. The molecule has 1 aliphatic carbocycles. The summed E-state index contributed by atoms with van der Waals surface area (Å²) in [6, 6.07) is 2.49. The normalized spacial score (nSPS) is 15.2. The van der Waals surface area contributed by atoms with Crippen LogP contribution in [-0.4, -0.2) is 30.3 Å². The Kier molecular flexibility index (Phi) is 3.61. The van der Waals surface area contributed by atoms with Gasteiger partial charge in [-0.15, -0.1) is 0 Å². The molecule has 0 bridgehead atoms. The van der Waals surface area contributed by atoms with Gasteiger partial charge < -0.3 is 15.6 Å². The van der Waals surface area contributed by atoms with E-state index in [2.05, 4.69) is 57.5 Å². The van der Waals surface area contributed by atoms with Gasteiger partial charge in [0.1, 0.15) is 17.5 Å². The van der Waals surface area contributed by atoms with Crippen LogP contribution in [0.2, 0.25) is 0 Å². The predicted octanol–water partition coefficient (Wildman–Crippen LogP) is 3.62. The third kappa shape index (κ3) is 2.75. The molecule has 8 nitrogen and oxygen atoms in total. The lowest BCUT2D eigenvalue weighted by atomic mass is 10.2. The van der Waals surface area contributed by atoms with Crippen molar-refractivity contribution in [3.63, 3.8) is 0 Å². The molecule has 1 aliphatic rings. The predicted molar refractivity (Wildman–Crippen MR) is 100 cm³/mol. The van der Waals surface area contributed by atoms with E-state index in [0.717, 1.165) is 29.6 Å². The van der Waals surface area contributed by atoms with Crippen molar-refractivity contribution < 1.29 is 0 Å². The Morgan fingerprint density at radius 2 is 2.12 bits per heavy atom. The number of aromatic amines is 1. The molecule has 1 saturated carbocycles. The molecular weight excluding hydrogens is 328 g/mol. The first-order chi connectivity index (χ1) is 12.4. The maximum atomic E-state index is 9.38. The van der Waals surface area contributed by atoms with Crippen LogP contribution in [0, 0.1) is 18.3 Å². The van der Waals surface area contributed by atoms with Crippen molar-refractivity contribution in [2.24, 2.45) is 0 Å². The number of nitriles is 1. The van der Waals surface area contributed by atoms with Crippen LogP contribution < -0.4 is 10.6 Å². The number of hydrogen-bond acceptors (Lipinski definition) is 6. The minimum Gasteiger partial charge on any atom is -0.364 e. The summed E-state index contributed by atoms with van der Waals surface area (Å²) in [5.41, 5.74) is 3.12. The zero-order chi connectivity index (χ0) is 18.5. The number of H-pyrrole nitrogens is 1. The molecule has 134 valence electrons. The van der Waals surface area contributed by atoms with Crippen molar-refractivity contribution in [1.82, 2.24) is 24.7 Å². The van der Waals surface area contributed by atoms with E-state index in [-0.39, 0.29) is 11.6 Å². The molecule has 4 rings (SSSR count). The van der Waals surface area contributed by atoms with Gasteiger partial charge >= 0.3 is 0 Å². The largest absolute Gasteiger partial charge is 0.364 e. The van der Waals surface area contributed by atoms with Crippen LogP contribution in [0.4, 0.5) is 17.5 Å². The molecule has 0 amide bonds. The molecule has 0 radical (unpaired) electrons. The van der Waals surface area contributed by atoms with Crippen LogP contribution in [0.15, 0.2) is 12.4 Å². The highest BCUT2D eigenvalue weighted by Gasteiger charge is 2.38. The Morgan fingerprint density at radius 1 is 1.35 bits per heavy atom. The molecule has 0 aromatic carbocycles. The monoisotopic (exact) mass is 350 g/mol. The molecule has 0 saturated heterocycles. The molecule has 0 unspecified atom stereocenters. The molecule has 3 N–H and O–H groups in total. The molecule has 0 aliphatic heterocycles. The summed E-state index contributed by atoms with van der Waals surface area (Å²) in [5.74, 6) is 1.16. The van der Waals surface area contributed by atoms with Crippen LogP contribution >= 0.6 is 0 Å². The van der Waals surface area contributed by atoms with Crippen molar-refractivity contribution in [1.29, 1.82) is 5.26 Å². The summed E-state index contributed by atoms with van der Waals surface area (Å²) in [6.45, 7) is 8.35. The Balaban J connectivity index is 1.75. The minimum atomic E-state index is 0.0427. The molecule has 3 aromatic heterocycles. The van der Waals surface area contributed by atoms with Gasteiger partial charge in [-0.25, -0.2) is 0 Å². The standard InChI is InChI=1S/C18H22N8/c1-10(2)26-11(3)13(9-21-26)22-17-23-15-14(12(7-19)8-20-15)16(24-17)25-18(4)5-6-18/h8-10H,5-6H2,1-4H3,(H3,20,22,23,24,25). The van der Waals surface area contributed by atoms with E-state index < -0.39 is 0 Å². The van der Waals surface area contributed by atoms with E-state index >= 15 is 0 Å². The van der Waals surface area contributed by atoms with E-state index in [4.69, 9.17) is 0 Å². The first-order valence-electron chi connectivity index (χ1n) is 8.79. The fourth-order valence-electron chi connectivity index (χ4n) is 3.05. The van der Waals surface area contributed by atoms with E-state index in [1.165, 1.54) is 0 Å². The minimum absolute atomic E-state index is 0.0427. The average molecular weight is 350 g/mol. The van der Waals surface area contributed by atoms with Crippen molar-refractivity contribution in [2.75, 3.05) is 10.6 Å². The number of hydrogen-bond donors (Lipinski definition) is 3. The van der Waals surface area contributed by atoms with Crippen LogP contribution in [0.3, 0.4) is 0 Å². The fraction of sp³-hybridized carbons (Fsp3) is 0.444. The number of fused-ring (bicyclic) bond motifs is 1. The second-order valence-corrected chi connectivity index (χ2v) is 7.43. The third-order valence-corrected chi connectivity index (χ3v) is 4.85. The second-order valence-electron chi connectivity index (χ2n) is 7.43. The molecule has 3 aromatic rings. The van der Waals surface area contributed by atoms with Gasteiger partial charge in [-0.1, -0.05) is 0 Å². The van der Waals surface area contributed by atoms with Gasteiger partial charge in [-0.2, -0.15) is 20.3 Å². The highest BCUT2D eigenvalue weighted by atomic mass is 15.3. The average Bonchev–Trinajstić information content (AvgIpc) is 3.02. The SMILES string of the molecule is Cc1c(Nc2nc(NC3(C)CC3)c3c(C#N)c[nH]c3n2)cnn1C(C)C. The van der Waals surface area contributed by atoms with Gasteiger partial charge in [0.2, 0.25) is 5.95 Å². The van der Waals surface area contributed by atoms with Gasteiger partial charge in [0, 0.05) is 17.8 Å². The molecule has 1 fully saturated rings. The highest BCUT2D eigenvalue weighted by Crippen LogP contribution is 2.40. The van der Waals surface area contributed by atoms with Crippen LogP contribution in [0.5, 0.6) is 0 Å². The summed E-state index contributed by atoms with van der Waals surface area (Å²) >= 11 is 0. The Morgan fingerprint density at radius 3 is 2.73 bits per heavy atom. The lowest BCUT2D eigenvalue weighted by molar-refractivity contribution is 0.519. The quantitative estimate of drug-likeness (QED) is 0.649. The Bertz CT molecular complexity index is 1020. The van der Waals surface area contributed by atoms with Gasteiger partial charge in [0.05, 0.1) is 28.5 Å². The molecule has 26 heavy (non-hydrogen) atoms. The molecular formula is C18H22N8. The van der Waals surface area contributed by atoms with Gasteiger partial charge in [0.15, 0.2) is 0 Å². The number of aromatic nitrogens is 5. The number of anilines is 3. The van der Waals surface area contributed by atoms with E-state index in [9.17, 15) is 5.26 Å². The van der Waals surface area contributed by atoms with Crippen molar-refractivity contribution in [3.05, 3.63) is 23.7 Å². The zero-order valence-corrected chi connectivity index (χ0v) is 15.4. The van der Waals surface area contributed by atoms with Gasteiger partial charge in [-0.3, -0.25) is 4.68 Å². The van der Waals surface area contributed by atoms with Gasteiger partial charge in [-0.05, 0) is 40.5 Å². The summed E-state index contributed by atoms with van der Waals surface area (Å²) < 4.78 is 1.95. The molecule has 3 heterocycles. The van der Waals surface area contributed by atoms with Crippen molar-refractivity contribution >= 4 is 28.5 Å². The first-order valence-corrected chi connectivity index (χ1v) is 8.79.